The van der Waals surface area contributed by atoms with E-state index in [2.05, 4.69) is 57.3 Å². The first-order chi connectivity index (χ1) is 9.21. The van der Waals surface area contributed by atoms with Crippen LogP contribution in [-0.2, 0) is 0 Å². The Bertz CT molecular complexity index is 347. The molecule has 19 heavy (non-hydrogen) atoms. The first kappa shape index (κ1) is 16.6. The fourth-order valence-electron chi connectivity index (χ4n) is 2.43. The zero-order valence-electron chi connectivity index (χ0n) is 12.9. The van der Waals surface area contributed by atoms with Gasteiger partial charge < -0.3 is 5.32 Å². The summed E-state index contributed by atoms with van der Waals surface area (Å²) in [7, 11) is 0. The largest absolute Gasteiger partial charge is 0.313 e. The van der Waals surface area contributed by atoms with Crippen molar-refractivity contribution in [2.24, 2.45) is 5.92 Å². The van der Waals surface area contributed by atoms with E-state index >= 15 is 0 Å². The van der Waals surface area contributed by atoms with Crippen molar-refractivity contribution in [3.8, 4) is 0 Å². The molecule has 0 aliphatic rings. The number of rotatable bonds is 9. The van der Waals surface area contributed by atoms with Crippen molar-refractivity contribution in [3.63, 3.8) is 0 Å². The average molecular weight is 279 g/mol. The van der Waals surface area contributed by atoms with Crippen LogP contribution >= 0.6 is 11.8 Å². The van der Waals surface area contributed by atoms with Crippen molar-refractivity contribution in [1.29, 1.82) is 0 Å². The lowest BCUT2D eigenvalue weighted by molar-refractivity contribution is 0.388. The van der Waals surface area contributed by atoms with Gasteiger partial charge in [0, 0.05) is 16.7 Å². The second-order valence-corrected chi connectivity index (χ2v) is 6.31. The van der Waals surface area contributed by atoms with Gasteiger partial charge in [-0.05, 0) is 37.4 Å². The summed E-state index contributed by atoms with van der Waals surface area (Å²) in [4.78, 5) is 1.43. The Morgan fingerprint density at radius 1 is 1.11 bits per heavy atom. The van der Waals surface area contributed by atoms with E-state index in [1.54, 1.807) is 0 Å². The van der Waals surface area contributed by atoms with E-state index in [0.29, 0.717) is 6.04 Å². The third-order valence-corrected chi connectivity index (χ3v) is 5.14. The second-order valence-electron chi connectivity index (χ2n) is 5.25. The van der Waals surface area contributed by atoms with E-state index in [4.69, 9.17) is 0 Å². The summed E-state index contributed by atoms with van der Waals surface area (Å²) in [6, 6.07) is 9.33. The van der Waals surface area contributed by atoms with Crippen LogP contribution in [0.2, 0.25) is 0 Å². The van der Waals surface area contributed by atoms with Crippen LogP contribution in [0, 0.1) is 12.8 Å². The fraction of sp³-hybridized carbons (Fsp3) is 0.647. The number of benzene rings is 1. The molecule has 0 spiro atoms. The summed E-state index contributed by atoms with van der Waals surface area (Å²) in [6.45, 7) is 10.1. The molecule has 2 heteroatoms. The molecule has 0 heterocycles. The van der Waals surface area contributed by atoms with E-state index in [0.717, 1.165) is 12.5 Å². The van der Waals surface area contributed by atoms with Crippen LogP contribution in [0.3, 0.4) is 0 Å². The van der Waals surface area contributed by atoms with Crippen molar-refractivity contribution in [3.05, 3.63) is 29.8 Å². The van der Waals surface area contributed by atoms with Gasteiger partial charge in [0.2, 0.25) is 0 Å². The standard InChI is InChI=1S/C17H29NS/c1-5-15(6-2)12-16(18-7-3)13-19-17-11-9-8-10-14(17)4/h8-11,15-16,18H,5-7,12-13H2,1-4H3. The molecule has 108 valence electrons. The first-order valence-corrected chi connectivity index (χ1v) is 8.61. The van der Waals surface area contributed by atoms with E-state index in [-0.39, 0.29) is 0 Å². The molecule has 0 bridgehead atoms. The van der Waals surface area contributed by atoms with Crippen molar-refractivity contribution in [2.45, 2.75) is 57.9 Å². The minimum absolute atomic E-state index is 0.638. The van der Waals surface area contributed by atoms with E-state index in [1.807, 2.05) is 11.8 Å². The van der Waals surface area contributed by atoms with Crippen molar-refractivity contribution in [2.75, 3.05) is 12.3 Å². The molecule has 1 aromatic carbocycles. The molecule has 0 saturated carbocycles. The molecule has 0 amide bonds. The van der Waals surface area contributed by atoms with Crippen LogP contribution in [0.5, 0.6) is 0 Å². The maximum Gasteiger partial charge on any atom is 0.0164 e. The predicted molar refractivity (Wildman–Crippen MR) is 88.1 cm³/mol. The molecule has 0 saturated heterocycles. The summed E-state index contributed by atoms with van der Waals surface area (Å²) in [5.74, 6) is 2.04. The van der Waals surface area contributed by atoms with Gasteiger partial charge in [-0.2, -0.15) is 0 Å². The molecule has 0 fully saturated rings. The number of nitrogens with one attached hydrogen (secondary N) is 1. The minimum atomic E-state index is 0.638. The van der Waals surface area contributed by atoms with Crippen LogP contribution in [0.25, 0.3) is 0 Å². The Morgan fingerprint density at radius 2 is 1.79 bits per heavy atom. The molecule has 0 aromatic heterocycles. The van der Waals surface area contributed by atoms with Gasteiger partial charge in [0.25, 0.3) is 0 Å². The summed E-state index contributed by atoms with van der Waals surface area (Å²) >= 11 is 2.00. The molecule has 0 aliphatic carbocycles. The molecular weight excluding hydrogens is 250 g/mol. The van der Waals surface area contributed by atoms with E-state index < -0.39 is 0 Å². The van der Waals surface area contributed by atoms with Crippen LogP contribution in [-0.4, -0.2) is 18.3 Å². The van der Waals surface area contributed by atoms with Crippen molar-refractivity contribution < 1.29 is 0 Å². The van der Waals surface area contributed by atoms with Gasteiger partial charge in [-0.25, -0.2) is 0 Å². The summed E-state index contributed by atoms with van der Waals surface area (Å²) < 4.78 is 0. The highest BCUT2D eigenvalue weighted by molar-refractivity contribution is 7.99. The van der Waals surface area contributed by atoms with Gasteiger partial charge in [-0.1, -0.05) is 51.8 Å². The Hall–Kier alpha value is -0.470. The highest BCUT2D eigenvalue weighted by Crippen LogP contribution is 2.25. The highest BCUT2D eigenvalue weighted by atomic mass is 32.2. The molecule has 0 radical (unpaired) electrons. The van der Waals surface area contributed by atoms with Crippen molar-refractivity contribution >= 4 is 11.8 Å². The maximum atomic E-state index is 3.65. The number of hydrogen-bond donors (Lipinski definition) is 1. The summed E-state index contributed by atoms with van der Waals surface area (Å²) in [6.07, 6.45) is 3.90. The Balaban J connectivity index is 2.51. The van der Waals surface area contributed by atoms with Crippen LogP contribution in [0.4, 0.5) is 0 Å². The zero-order valence-corrected chi connectivity index (χ0v) is 13.7. The van der Waals surface area contributed by atoms with Crippen LogP contribution < -0.4 is 5.32 Å². The smallest absolute Gasteiger partial charge is 0.0164 e. The Kier molecular flexibility index (Phi) is 8.24. The second kappa shape index (κ2) is 9.44. The fourth-order valence-corrected chi connectivity index (χ4v) is 3.54. The van der Waals surface area contributed by atoms with Gasteiger partial charge in [-0.3, -0.25) is 0 Å². The molecule has 1 nitrogen and oxygen atoms in total. The Labute approximate surface area is 123 Å². The average Bonchev–Trinajstić information content (AvgIpc) is 2.43. The number of hydrogen-bond acceptors (Lipinski definition) is 2. The van der Waals surface area contributed by atoms with Gasteiger partial charge in [0.1, 0.15) is 0 Å². The van der Waals surface area contributed by atoms with E-state index in [1.165, 1.54) is 35.5 Å². The quantitative estimate of drug-likeness (QED) is 0.646. The topological polar surface area (TPSA) is 12.0 Å². The lowest BCUT2D eigenvalue weighted by Crippen LogP contribution is -2.33. The van der Waals surface area contributed by atoms with Gasteiger partial charge in [0.15, 0.2) is 0 Å². The lowest BCUT2D eigenvalue weighted by atomic mass is 9.95. The number of aryl methyl sites for hydroxylation is 1. The molecule has 1 unspecified atom stereocenters. The minimum Gasteiger partial charge on any atom is -0.313 e. The third kappa shape index (κ3) is 6.01. The van der Waals surface area contributed by atoms with Gasteiger partial charge in [0.05, 0.1) is 0 Å². The van der Waals surface area contributed by atoms with E-state index in [9.17, 15) is 0 Å². The van der Waals surface area contributed by atoms with Gasteiger partial charge in [-0.15, -0.1) is 11.8 Å². The molecule has 1 N–H and O–H groups in total. The zero-order chi connectivity index (χ0) is 14.1. The predicted octanol–water partition coefficient (Wildman–Crippen LogP) is 4.89. The Morgan fingerprint density at radius 3 is 2.37 bits per heavy atom. The van der Waals surface area contributed by atoms with Crippen molar-refractivity contribution in [1.82, 2.24) is 5.32 Å². The molecule has 1 atom stereocenters. The third-order valence-electron chi connectivity index (χ3n) is 3.80. The maximum absolute atomic E-state index is 3.65. The first-order valence-electron chi connectivity index (χ1n) is 7.62. The lowest BCUT2D eigenvalue weighted by Gasteiger charge is -2.22. The summed E-state index contributed by atoms with van der Waals surface area (Å²) in [5, 5.41) is 3.65. The molecule has 0 aliphatic heterocycles. The summed E-state index contributed by atoms with van der Waals surface area (Å²) in [5.41, 5.74) is 1.39. The van der Waals surface area contributed by atoms with Crippen LogP contribution in [0.15, 0.2) is 29.2 Å². The van der Waals surface area contributed by atoms with Crippen LogP contribution in [0.1, 0.15) is 45.6 Å². The number of thioether (sulfide) groups is 1. The molecule has 1 aromatic rings. The highest BCUT2D eigenvalue weighted by Gasteiger charge is 2.14. The SMILES string of the molecule is CCNC(CSc1ccccc1C)CC(CC)CC. The normalized spacial score (nSPS) is 12.9. The molecular formula is C17H29NS. The molecule has 1 rings (SSSR count). The monoisotopic (exact) mass is 279 g/mol. The van der Waals surface area contributed by atoms with Gasteiger partial charge >= 0.3 is 0 Å².